The zero-order valence-corrected chi connectivity index (χ0v) is 32.4. The summed E-state index contributed by atoms with van der Waals surface area (Å²) in [7, 11) is 2.83. The Hall–Kier alpha value is -3.06. The summed E-state index contributed by atoms with van der Waals surface area (Å²) in [5.41, 5.74) is -0.797. The molecular formula is C44H68O7. The van der Waals surface area contributed by atoms with E-state index in [4.69, 9.17) is 14.2 Å². The molecule has 0 spiro atoms. The fourth-order valence-electron chi connectivity index (χ4n) is 7.72. The highest BCUT2D eigenvalue weighted by Gasteiger charge is 2.71. The number of aliphatic hydroxyl groups is 1. The molecule has 286 valence electrons. The zero-order valence-electron chi connectivity index (χ0n) is 32.4. The van der Waals surface area contributed by atoms with Gasteiger partial charge in [0, 0.05) is 23.3 Å². The Morgan fingerprint density at radius 3 is 1.69 bits per heavy atom. The van der Waals surface area contributed by atoms with Gasteiger partial charge < -0.3 is 24.4 Å². The van der Waals surface area contributed by atoms with E-state index in [0.29, 0.717) is 24.0 Å². The molecule has 1 aliphatic carbocycles. The van der Waals surface area contributed by atoms with Gasteiger partial charge in [0.2, 0.25) is 11.6 Å². The SMILES string of the molecule is CCCCC=CCCCCCCCCCc1c(O)c(OC)cc2c1[C@@]1(CCCCCCCCCC=CCCCC)C(=O)C(OC)=CC(=O)[C@]1(O)O2. The number of fused-ring (bicyclic) bond motifs is 3. The molecule has 0 radical (unpaired) electrons. The van der Waals surface area contributed by atoms with E-state index in [-0.39, 0.29) is 29.4 Å². The van der Waals surface area contributed by atoms with Crippen molar-refractivity contribution in [3.05, 3.63) is 53.3 Å². The van der Waals surface area contributed by atoms with Crippen LogP contribution in [-0.4, -0.2) is 41.8 Å². The lowest BCUT2D eigenvalue weighted by molar-refractivity contribution is -0.190. The molecule has 3 rings (SSSR count). The number of rotatable bonds is 28. The van der Waals surface area contributed by atoms with Crippen LogP contribution < -0.4 is 9.47 Å². The Kier molecular flexibility index (Phi) is 18.9. The summed E-state index contributed by atoms with van der Waals surface area (Å²) in [5.74, 6) is -3.38. The van der Waals surface area contributed by atoms with Gasteiger partial charge in [-0.25, -0.2) is 0 Å². The highest BCUT2D eigenvalue weighted by molar-refractivity contribution is 6.18. The number of Topliss-reactive ketones (excluding diaryl/α,β-unsaturated/α-hetero) is 1. The van der Waals surface area contributed by atoms with Gasteiger partial charge in [0.15, 0.2) is 17.3 Å². The van der Waals surface area contributed by atoms with Crippen LogP contribution >= 0.6 is 0 Å². The first-order valence-electron chi connectivity index (χ1n) is 20.3. The number of unbranched alkanes of at least 4 members (excludes halogenated alkanes) is 18. The predicted molar refractivity (Wildman–Crippen MR) is 207 cm³/mol. The lowest BCUT2D eigenvalue weighted by Crippen LogP contribution is -2.63. The molecule has 2 aliphatic rings. The number of methoxy groups -OCH3 is 2. The lowest BCUT2D eigenvalue weighted by atomic mass is 9.62. The quantitative estimate of drug-likeness (QED) is 0.0660. The number of ketones is 2. The van der Waals surface area contributed by atoms with Gasteiger partial charge in [0.25, 0.3) is 5.79 Å². The average Bonchev–Trinajstić information content (AvgIpc) is 3.40. The molecule has 2 N–H and O–H groups in total. The first-order chi connectivity index (χ1) is 24.8. The molecule has 1 heterocycles. The van der Waals surface area contributed by atoms with E-state index in [1.54, 1.807) is 0 Å². The van der Waals surface area contributed by atoms with E-state index in [0.717, 1.165) is 70.3 Å². The van der Waals surface area contributed by atoms with Gasteiger partial charge in [-0.05, 0) is 57.8 Å². The van der Waals surface area contributed by atoms with Crippen LogP contribution in [0.2, 0.25) is 0 Å². The lowest BCUT2D eigenvalue weighted by Gasteiger charge is -2.41. The van der Waals surface area contributed by atoms with Crippen molar-refractivity contribution in [1.82, 2.24) is 0 Å². The summed E-state index contributed by atoms with van der Waals surface area (Å²) in [4.78, 5) is 27.9. The van der Waals surface area contributed by atoms with E-state index in [2.05, 4.69) is 38.2 Å². The van der Waals surface area contributed by atoms with Crippen molar-refractivity contribution < 1.29 is 34.0 Å². The largest absolute Gasteiger partial charge is 0.504 e. The summed E-state index contributed by atoms with van der Waals surface area (Å²) >= 11 is 0. The molecular weight excluding hydrogens is 640 g/mol. The van der Waals surface area contributed by atoms with E-state index in [1.165, 1.54) is 90.9 Å². The molecule has 0 unspecified atom stereocenters. The number of hydrogen-bond donors (Lipinski definition) is 2. The number of carbonyl (C=O) groups is 2. The minimum atomic E-state index is -2.42. The summed E-state index contributed by atoms with van der Waals surface area (Å²) in [6, 6.07) is 1.50. The maximum atomic E-state index is 14.3. The molecule has 7 heteroatoms. The number of aromatic hydroxyl groups is 1. The molecule has 7 nitrogen and oxygen atoms in total. The van der Waals surface area contributed by atoms with Crippen molar-refractivity contribution in [3.8, 4) is 17.2 Å². The number of carbonyl (C=O) groups excluding carboxylic acids is 2. The minimum absolute atomic E-state index is 0.0653. The second-order valence-electron chi connectivity index (χ2n) is 14.6. The van der Waals surface area contributed by atoms with Gasteiger partial charge in [0.05, 0.1) is 14.2 Å². The van der Waals surface area contributed by atoms with Gasteiger partial charge in [-0.15, -0.1) is 0 Å². The van der Waals surface area contributed by atoms with Crippen LogP contribution in [0.4, 0.5) is 0 Å². The van der Waals surface area contributed by atoms with Crippen molar-refractivity contribution in [2.24, 2.45) is 0 Å². The smallest absolute Gasteiger partial charge is 0.289 e. The van der Waals surface area contributed by atoms with Crippen molar-refractivity contribution >= 4 is 11.6 Å². The monoisotopic (exact) mass is 708 g/mol. The van der Waals surface area contributed by atoms with E-state index < -0.39 is 22.8 Å². The molecule has 0 bridgehead atoms. The topological polar surface area (TPSA) is 102 Å². The van der Waals surface area contributed by atoms with Crippen molar-refractivity contribution in [3.63, 3.8) is 0 Å². The number of benzene rings is 1. The normalized spacial score (nSPS) is 19.8. The highest BCUT2D eigenvalue weighted by Crippen LogP contribution is 2.59. The zero-order chi connectivity index (χ0) is 37.0. The fourth-order valence-corrected chi connectivity index (χ4v) is 7.72. The van der Waals surface area contributed by atoms with Crippen LogP contribution in [0, 0.1) is 0 Å². The number of allylic oxidation sites excluding steroid dienone is 5. The Bertz CT molecular complexity index is 1310. The maximum absolute atomic E-state index is 14.3. The molecule has 0 saturated carbocycles. The third-order valence-electron chi connectivity index (χ3n) is 10.7. The van der Waals surface area contributed by atoms with Gasteiger partial charge in [-0.3, -0.25) is 9.59 Å². The molecule has 1 aliphatic heterocycles. The second kappa shape index (κ2) is 22.8. The molecule has 0 amide bonds. The molecule has 1 aromatic rings. The van der Waals surface area contributed by atoms with Crippen LogP contribution in [0.25, 0.3) is 0 Å². The van der Waals surface area contributed by atoms with Gasteiger partial charge in [-0.1, -0.05) is 134 Å². The Morgan fingerprint density at radius 1 is 0.686 bits per heavy atom. The van der Waals surface area contributed by atoms with E-state index in [9.17, 15) is 19.8 Å². The third-order valence-corrected chi connectivity index (χ3v) is 10.7. The number of phenols is 1. The third kappa shape index (κ3) is 11.2. The van der Waals surface area contributed by atoms with Crippen LogP contribution in [0.3, 0.4) is 0 Å². The molecule has 2 atom stereocenters. The van der Waals surface area contributed by atoms with Crippen molar-refractivity contribution in [2.75, 3.05) is 14.2 Å². The first kappa shape index (κ1) is 42.4. The Labute approximate surface area is 308 Å². The standard InChI is InChI=1S/C44H68O7/c1-5-7-9-11-13-15-17-19-21-23-25-27-29-31-35-40-36(33-37(49-3)41(35)46)51-44(48)39(45)34-38(50-4)42(47)43(40,44)32-30-28-26-24-22-20-18-16-14-12-10-8-6-2/h11-14,33-34,46,48H,5-10,15-32H2,1-4H3/t43-,44-/m0/s1. The summed E-state index contributed by atoms with van der Waals surface area (Å²) in [5, 5.41) is 23.5. The Balaban J connectivity index is 1.66. The predicted octanol–water partition coefficient (Wildman–Crippen LogP) is 11.1. The minimum Gasteiger partial charge on any atom is -0.504 e. The van der Waals surface area contributed by atoms with Crippen molar-refractivity contribution in [1.29, 1.82) is 0 Å². The number of ether oxygens (including phenoxy) is 3. The summed E-state index contributed by atoms with van der Waals surface area (Å²) in [6.07, 6.45) is 35.3. The molecule has 0 saturated heterocycles. The van der Waals surface area contributed by atoms with Gasteiger partial charge in [-0.2, -0.15) is 0 Å². The van der Waals surface area contributed by atoms with Crippen LogP contribution in [0.15, 0.2) is 42.2 Å². The molecule has 0 fully saturated rings. The molecule has 51 heavy (non-hydrogen) atoms. The van der Waals surface area contributed by atoms with E-state index >= 15 is 0 Å². The van der Waals surface area contributed by atoms with Gasteiger partial charge in [0.1, 0.15) is 11.2 Å². The molecule has 0 aromatic heterocycles. The maximum Gasteiger partial charge on any atom is 0.289 e. The van der Waals surface area contributed by atoms with Crippen LogP contribution in [0.1, 0.15) is 173 Å². The summed E-state index contributed by atoms with van der Waals surface area (Å²) < 4.78 is 17.0. The van der Waals surface area contributed by atoms with Crippen molar-refractivity contribution in [2.45, 2.75) is 179 Å². The Morgan fingerprint density at radius 2 is 1.18 bits per heavy atom. The van der Waals surface area contributed by atoms with Crippen LogP contribution in [0.5, 0.6) is 17.2 Å². The summed E-state index contributed by atoms with van der Waals surface area (Å²) in [6.45, 7) is 4.44. The van der Waals surface area contributed by atoms with Gasteiger partial charge >= 0.3 is 0 Å². The van der Waals surface area contributed by atoms with Crippen LogP contribution in [-0.2, 0) is 26.2 Å². The second-order valence-corrected chi connectivity index (χ2v) is 14.6. The highest BCUT2D eigenvalue weighted by atomic mass is 16.6. The number of phenolic OH excluding ortho intramolecular Hbond substituents is 1. The van der Waals surface area contributed by atoms with E-state index in [1.807, 2.05) is 0 Å². The fraction of sp³-hybridized carbons (Fsp3) is 0.682. The number of hydrogen-bond acceptors (Lipinski definition) is 7. The molecule has 1 aromatic carbocycles. The average molecular weight is 709 g/mol. The first-order valence-corrected chi connectivity index (χ1v) is 20.3.